The van der Waals surface area contributed by atoms with Gasteiger partial charge in [0.25, 0.3) is 0 Å². The number of carbonyl (C=O) groups excluding carboxylic acids is 2. The molecular formula is C16H26N4O4. The Morgan fingerprint density at radius 1 is 1.33 bits per heavy atom. The van der Waals surface area contributed by atoms with Crippen LogP contribution in [0.3, 0.4) is 0 Å². The van der Waals surface area contributed by atoms with Crippen LogP contribution in [0.4, 0.5) is 10.6 Å². The van der Waals surface area contributed by atoms with Gasteiger partial charge >= 0.3 is 12.1 Å². The zero-order valence-corrected chi connectivity index (χ0v) is 14.7. The van der Waals surface area contributed by atoms with E-state index in [0.29, 0.717) is 13.1 Å². The van der Waals surface area contributed by atoms with Crippen molar-refractivity contribution in [1.82, 2.24) is 14.7 Å². The van der Waals surface area contributed by atoms with Crippen molar-refractivity contribution in [2.45, 2.75) is 52.2 Å². The Morgan fingerprint density at radius 2 is 1.96 bits per heavy atom. The summed E-state index contributed by atoms with van der Waals surface area (Å²) in [5.41, 5.74) is 5.59. The molecule has 0 atom stereocenters. The maximum absolute atomic E-state index is 12.1. The highest BCUT2D eigenvalue weighted by Crippen LogP contribution is 2.25. The number of piperidine rings is 1. The molecule has 0 aliphatic carbocycles. The second kappa shape index (κ2) is 7.11. The number of ether oxygens (including phenoxy) is 2. The molecule has 1 aromatic rings. The highest BCUT2D eigenvalue weighted by atomic mass is 16.6. The molecule has 1 fully saturated rings. The third-order valence-electron chi connectivity index (χ3n) is 3.75. The van der Waals surface area contributed by atoms with Gasteiger partial charge in [0.1, 0.15) is 11.2 Å². The summed E-state index contributed by atoms with van der Waals surface area (Å²) in [6.07, 6.45) is 2.78. The molecule has 1 saturated heterocycles. The van der Waals surface area contributed by atoms with Crippen molar-refractivity contribution < 1.29 is 19.1 Å². The van der Waals surface area contributed by atoms with Crippen LogP contribution in [0.15, 0.2) is 6.20 Å². The minimum absolute atomic E-state index is 0.0918. The van der Waals surface area contributed by atoms with Crippen molar-refractivity contribution in [1.29, 1.82) is 0 Å². The predicted molar refractivity (Wildman–Crippen MR) is 88.7 cm³/mol. The van der Waals surface area contributed by atoms with Crippen LogP contribution < -0.4 is 5.73 Å². The van der Waals surface area contributed by atoms with Crippen molar-refractivity contribution in [3.8, 4) is 0 Å². The molecule has 1 aromatic heterocycles. The molecule has 8 heteroatoms. The number of aromatic nitrogens is 2. The average Bonchev–Trinajstić information content (AvgIpc) is 2.88. The topological polar surface area (TPSA) is 99.7 Å². The van der Waals surface area contributed by atoms with Crippen LogP contribution in [0.1, 0.15) is 56.9 Å². The Morgan fingerprint density at radius 3 is 2.50 bits per heavy atom. The number of nitrogens with zero attached hydrogens (tertiary/aromatic N) is 3. The maximum Gasteiger partial charge on any atom is 0.410 e. The van der Waals surface area contributed by atoms with Gasteiger partial charge in [0.15, 0.2) is 5.82 Å². The largest absolute Gasteiger partial charge is 0.462 e. The van der Waals surface area contributed by atoms with Gasteiger partial charge in [-0.2, -0.15) is 5.10 Å². The van der Waals surface area contributed by atoms with Crippen molar-refractivity contribution in [2.75, 3.05) is 25.4 Å². The van der Waals surface area contributed by atoms with Crippen molar-refractivity contribution in [2.24, 2.45) is 0 Å². The van der Waals surface area contributed by atoms with Crippen LogP contribution in [0.5, 0.6) is 0 Å². The van der Waals surface area contributed by atoms with E-state index in [1.807, 2.05) is 20.8 Å². The number of carbonyl (C=O) groups is 2. The minimum Gasteiger partial charge on any atom is -0.462 e. The molecule has 1 aliphatic rings. The lowest BCUT2D eigenvalue weighted by Gasteiger charge is -2.33. The molecule has 0 spiro atoms. The number of amides is 1. The van der Waals surface area contributed by atoms with E-state index in [2.05, 4.69) is 5.10 Å². The number of hydrogen-bond donors (Lipinski definition) is 1. The molecule has 0 saturated carbocycles. The van der Waals surface area contributed by atoms with Gasteiger partial charge in [0, 0.05) is 19.3 Å². The minimum atomic E-state index is -0.501. The first-order valence-corrected chi connectivity index (χ1v) is 8.21. The van der Waals surface area contributed by atoms with Crippen LogP contribution in [0.2, 0.25) is 0 Å². The summed E-state index contributed by atoms with van der Waals surface area (Å²) in [5, 5.41) is 4.23. The summed E-state index contributed by atoms with van der Waals surface area (Å²) in [6, 6.07) is 0.0918. The fraction of sp³-hybridized carbons (Fsp3) is 0.688. The van der Waals surface area contributed by atoms with E-state index in [4.69, 9.17) is 15.2 Å². The first-order chi connectivity index (χ1) is 11.2. The number of esters is 1. The molecule has 1 aliphatic heterocycles. The lowest BCUT2D eigenvalue weighted by Crippen LogP contribution is -2.42. The second-order valence-electron chi connectivity index (χ2n) is 6.83. The fourth-order valence-electron chi connectivity index (χ4n) is 2.60. The van der Waals surface area contributed by atoms with Gasteiger partial charge in [-0.25, -0.2) is 9.59 Å². The van der Waals surface area contributed by atoms with E-state index >= 15 is 0 Å². The van der Waals surface area contributed by atoms with Gasteiger partial charge in [-0.3, -0.25) is 4.68 Å². The van der Waals surface area contributed by atoms with Crippen LogP contribution in [0.25, 0.3) is 0 Å². The van der Waals surface area contributed by atoms with Crippen LogP contribution in [0, 0.1) is 0 Å². The normalized spacial score (nSPS) is 16.1. The number of anilines is 1. The fourth-order valence-corrected chi connectivity index (χ4v) is 2.60. The van der Waals surface area contributed by atoms with Crippen LogP contribution in [-0.2, 0) is 9.47 Å². The van der Waals surface area contributed by atoms with E-state index in [0.717, 1.165) is 12.8 Å². The van der Waals surface area contributed by atoms with Gasteiger partial charge < -0.3 is 20.1 Å². The molecule has 2 heterocycles. The molecule has 134 valence electrons. The number of rotatable bonds is 3. The Hall–Kier alpha value is -2.25. The summed E-state index contributed by atoms with van der Waals surface area (Å²) >= 11 is 0. The molecule has 0 bridgehead atoms. The Balaban J connectivity index is 1.96. The number of nitrogen functional groups attached to an aromatic ring is 1. The highest BCUT2D eigenvalue weighted by molar-refractivity contribution is 5.93. The first-order valence-electron chi connectivity index (χ1n) is 8.21. The summed E-state index contributed by atoms with van der Waals surface area (Å²) < 4.78 is 12.0. The van der Waals surface area contributed by atoms with E-state index < -0.39 is 11.6 Å². The lowest BCUT2D eigenvalue weighted by molar-refractivity contribution is 0.0185. The lowest BCUT2D eigenvalue weighted by atomic mass is 10.1. The number of nitrogens with two attached hydrogens (primary N) is 1. The molecule has 0 unspecified atom stereocenters. The van der Waals surface area contributed by atoms with E-state index in [9.17, 15) is 9.59 Å². The zero-order chi connectivity index (χ0) is 17.9. The monoisotopic (exact) mass is 338 g/mol. The molecule has 0 radical (unpaired) electrons. The number of likely N-dealkylation sites (tertiary alicyclic amines) is 1. The van der Waals surface area contributed by atoms with E-state index in [1.165, 1.54) is 0 Å². The van der Waals surface area contributed by atoms with Crippen molar-refractivity contribution >= 4 is 17.9 Å². The molecule has 2 N–H and O–H groups in total. The summed E-state index contributed by atoms with van der Waals surface area (Å²) in [6.45, 7) is 8.73. The van der Waals surface area contributed by atoms with Gasteiger partial charge in [-0.1, -0.05) is 0 Å². The average molecular weight is 338 g/mol. The molecule has 2 rings (SSSR count). The molecular weight excluding hydrogens is 312 g/mol. The first kappa shape index (κ1) is 18.1. The van der Waals surface area contributed by atoms with Crippen LogP contribution >= 0.6 is 0 Å². The van der Waals surface area contributed by atoms with Crippen molar-refractivity contribution in [3.63, 3.8) is 0 Å². The maximum atomic E-state index is 12.1. The Labute approximate surface area is 141 Å². The summed E-state index contributed by atoms with van der Waals surface area (Å²) in [5.74, 6) is -0.296. The summed E-state index contributed by atoms with van der Waals surface area (Å²) in [7, 11) is 0. The Kier molecular flexibility index (Phi) is 5.36. The molecule has 1 amide bonds. The van der Waals surface area contributed by atoms with E-state index in [-0.39, 0.29) is 30.1 Å². The molecule has 8 nitrogen and oxygen atoms in total. The third kappa shape index (κ3) is 4.39. The van der Waals surface area contributed by atoms with Crippen molar-refractivity contribution in [3.05, 3.63) is 11.8 Å². The SMILES string of the molecule is CCOC(=O)c1cn(C2CCN(C(=O)OC(C)(C)C)CC2)nc1N. The van der Waals surface area contributed by atoms with Gasteiger partial charge in [-0.05, 0) is 40.5 Å². The van der Waals surface area contributed by atoms with Gasteiger partial charge in [0.2, 0.25) is 0 Å². The van der Waals surface area contributed by atoms with E-state index in [1.54, 1.807) is 22.7 Å². The van der Waals surface area contributed by atoms with Gasteiger partial charge in [-0.15, -0.1) is 0 Å². The molecule has 0 aromatic carbocycles. The quantitative estimate of drug-likeness (QED) is 0.848. The van der Waals surface area contributed by atoms with Crippen LogP contribution in [-0.4, -0.2) is 52.0 Å². The molecule has 24 heavy (non-hydrogen) atoms. The zero-order valence-electron chi connectivity index (χ0n) is 14.7. The number of hydrogen-bond acceptors (Lipinski definition) is 6. The smallest absolute Gasteiger partial charge is 0.410 e. The third-order valence-corrected chi connectivity index (χ3v) is 3.75. The predicted octanol–water partition coefficient (Wildman–Crippen LogP) is 2.21. The Bertz CT molecular complexity index is 598. The standard InChI is InChI=1S/C16H26N4O4/c1-5-23-14(21)12-10-20(18-13(12)17)11-6-8-19(9-7-11)15(22)24-16(2,3)4/h10-11H,5-9H2,1-4H3,(H2,17,18). The summed E-state index contributed by atoms with van der Waals surface area (Å²) in [4.78, 5) is 25.6. The van der Waals surface area contributed by atoms with Gasteiger partial charge in [0.05, 0.1) is 12.6 Å². The highest BCUT2D eigenvalue weighted by Gasteiger charge is 2.28. The second-order valence-corrected chi connectivity index (χ2v) is 6.83.